The molecule has 1 aromatic carbocycles. The zero-order valence-electron chi connectivity index (χ0n) is 17.2. The smallest absolute Gasteiger partial charge is 0.295 e. The average Bonchev–Trinajstić information content (AvgIpc) is 3.19. The third kappa shape index (κ3) is 4.04. The number of carbonyl (C=O) groups excluding carboxylic acids is 1. The van der Waals surface area contributed by atoms with Gasteiger partial charge < -0.3 is 14.9 Å². The van der Waals surface area contributed by atoms with Gasteiger partial charge in [-0.1, -0.05) is 25.0 Å². The summed E-state index contributed by atoms with van der Waals surface area (Å²) in [6.07, 6.45) is 7.19. The minimum atomic E-state index is -0.723. The SMILES string of the molecule is CN(Cc1ccc(F)cc1)C(=O)c1nc(N2CCC3(CCCC3)CC2)[nH]c(=O)c1O. The van der Waals surface area contributed by atoms with Gasteiger partial charge in [-0.25, -0.2) is 9.37 Å². The first-order chi connectivity index (χ1) is 14.4. The van der Waals surface area contributed by atoms with E-state index in [9.17, 15) is 19.1 Å². The first kappa shape index (κ1) is 20.4. The highest BCUT2D eigenvalue weighted by molar-refractivity contribution is 5.94. The molecule has 1 aromatic heterocycles. The van der Waals surface area contributed by atoms with Gasteiger partial charge in [-0.2, -0.15) is 0 Å². The normalized spacial score (nSPS) is 18.0. The van der Waals surface area contributed by atoms with Crippen LogP contribution in [0.15, 0.2) is 29.1 Å². The van der Waals surface area contributed by atoms with Gasteiger partial charge in [0.25, 0.3) is 11.5 Å². The van der Waals surface area contributed by atoms with E-state index in [4.69, 9.17) is 0 Å². The Labute approximate surface area is 174 Å². The molecule has 2 N–H and O–H groups in total. The van der Waals surface area contributed by atoms with Gasteiger partial charge in [0, 0.05) is 26.7 Å². The molecule has 1 spiro atoms. The number of rotatable bonds is 4. The van der Waals surface area contributed by atoms with Crippen LogP contribution in [0.4, 0.5) is 10.3 Å². The number of hydrogen-bond acceptors (Lipinski definition) is 5. The molecule has 1 saturated heterocycles. The predicted molar refractivity (Wildman–Crippen MR) is 111 cm³/mol. The van der Waals surface area contributed by atoms with Crippen molar-refractivity contribution in [2.75, 3.05) is 25.0 Å². The third-order valence-corrected chi connectivity index (χ3v) is 6.55. The maximum Gasteiger partial charge on any atom is 0.295 e. The predicted octanol–water partition coefficient (Wildman–Crippen LogP) is 3.05. The molecule has 4 rings (SSSR count). The van der Waals surface area contributed by atoms with E-state index in [1.807, 2.05) is 4.90 Å². The van der Waals surface area contributed by atoms with Crippen molar-refractivity contribution in [3.05, 3.63) is 51.7 Å². The molecule has 160 valence electrons. The van der Waals surface area contributed by atoms with Crippen molar-refractivity contribution in [2.45, 2.75) is 45.1 Å². The number of amides is 1. The summed E-state index contributed by atoms with van der Waals surface area (Å²) < 4.78 is 13.1. The Bertz CT molecular complexity index is 973. The molecule has 1 saturated carbocycles. The number of hydrogen-bond donors (Lipinski definition) is 2. The van der Waals surface area contributed by atoms with Crippen LogP contribution in [0.2, 0.25) is 0 Å². The fourth-order valence-electron chi connectivity index (χ4n) is 4.69. The molecule has 0 radical (unpaired) electrons. The molecule has 0 bridgehead atoms. The van der Waals surface area contributed by atoms with Gasteiger partial charge in [-0.15, -0.1) is 0 Å². The number of benzene rings is 1. The van der Waals surface area contributed by atoms with Crippen molar-refractivity contribution in [1.29, 1.82) is 0 Å². The highest BCUT2D eigenvalue weighted by Crippen LogP contribution is 2.46. The second-order valence-corrected chi connectivity index (χ2v) is 8.57. The summed E-state index contributed by atoms with van der Waals surface area (Å²) in [5.74, 6) is -1.27. The van der Waals surface area contributed by atoms with Gasteiger partial charge in [0.2, 0.25) is 11.7 Å². The first-order valence-electron chi connectivity index (χ1n) is 10.5. The van der Waals surface area contributed by atoms with Gasteiger partial charge in [0.1, 0.15) is 5.82 Å². The average molecular weight is 414 g/mol. The maximum atomic E-state index is 13.1. The van der Waals surface area contributed by atoms with E-state index in [0.29, 0.717) is 11.4 Å². The largest absolute Gasteiger partial charge is 0.501 e. The number of nitrogens with zero attached hydrogens (tertiary/aromatic N) is 3. The minimum Gasteiger partial charge on any atom is -0.501 e. The number of H-pyrrole nitrogens is 1. The van der Waals surface area contributed by atoms with Gasteiger partial charge in [0.15, 0.2) is 5.69 Å². The van der Waals surface area contributed by atoms with E-state index >= 15 is 0 Å². The summed E-state index contributed by atoms with van der Waals surface area (Å²) in [5, 5.41) is 10.2. The lowest BCUT2D eigenvalue weighted by Crippen LogP contribution is -2.41. The van der Waals surface area contributed by atoms with Crippen LogP contribution in [0.1, 0.15) is 54.6 Å². The summed E-state index contributed by atoms with van der Waals surface area (Å²) in [6, 6.07) is 5.81. The quantitative estimate of drug-likeness (QED) is 0.803. The van der Waals surface area contributed by atoms with Crippen LogP contribution in [0.5, 0.6) is 5.75 Å². The molecule has 2 fully saturated rings. The molecule has 1 aliphatic heterocycles. The Morgan fingerprint density at radius 2 is 1.83 bits per heavy atom. The number of aromatic amines is 1. The lowest BCUT2D eigenvalue weighted by molar-refractivity contribution is 0.0775. The Morgan fingerprint density at radius 1 is 1.20 bits per heavy atom. The first-order valence-corrected chi connectivity index (χ1v) is 10.5. The fourth-order valence-corrected chi connectivity index (χ4v) is 4.69. The van der Waals surface area contributed by atoms with E-state index in [2.05, 4.69) is 9.97 Å². The highest BCUT2D eigenvalue weighted by Gasteiger charge is 2.37. The summed E-state index contributed by atoms with van der Waals surface area (Å²) >= 11 is 0. The highest BCUT2D eigenvalue weighted by atomic mass is 19.1. The van der Waals surface area contributed by atoms with Crippen LogP contribution >= 0.6 is 0 Å². The van der Waals surface area contributed by atoms with Gasteiger partial charge in [0.05, 0.1) is 0 Å². The number of anilines is 1. The van der Waals surface area contributed by atoms with Crippen molar-refractivity contribution < 1.29 is 14.3 Å². The van der Waals surface area contributed by atoms with Crippen molar-refractivity contribution in [3.63, 3.8) is 0 Å². The Morgan fingerprint density at radius 3 is 2.47 bits per heavy atom. The number of aromatic nitrogens is 2. The standard InChI is InChI=1S/C22H27FN4O3/c1-26(14-15-4-6-16(23)7-5-15)20(30)17-18(28)19(29)25-21(24-17)27-12-10-22(11-13-27)8-2-3-9-22/h4-7,28H,2-3,8-14H2,1H3,(H,24,25,29). The summed E-state index contributed by atoms with van der Waals surface area (Å²) in [6.45, 7) is 1.74. The number of halogens is 1. The molecular weight excluding hydrogens is 387 g/mol. The molecular formula is C22H27FN4O3. The van der Waals surface area contributed by atoms with Crippen LogP contribution < -0.4 is 10.5 Å². The van der Waals surface area contributed by atoms with Gasteiger partial charge in [-0.05, 0) is 48.8 Å². The summed E-state index contributed by atoms with van der Waals surface area (Å²) in [5.41, 5.74) is 0.163. The van der Waals surface area contributed by atoms with Gasteiger partial charge >= 0.3 is 0 Å². The molecule has 2 heterocycles. The molecule has 0 atom stereocenters. The molecule has 8 heteroatoms. The molecule has 0 unspecified atom stereocenters. The van der Waals surface area contributed by atoms with Crippen LogP contribution in [-0.4, -0.2) is 46.0 Å². The second-order valence-electron chi connectivity index (χ2n) is 8.57. The zero-order chi connectivity index (χ0) is 21.3. The van der Waals surface area contributed by atoms with Crippen LogP contribution in [-0.2, 0) is 6.54 Å². The van der Waals surface area contributed by atoms with Crippen molar-refractivity contribution in [3.8, 4) is 5.75 Å². The topological polar surface area (TPSA) is 89.5 Å². The van der Waals surface area contributed by atoms with E-state index < -0.39 is 17.2 Å². The van der Waals surface area contributed by atoms with Crippen molar-refractivity contribution in [1.82, 2.24) is 14.9 Å². The van der Waals surface area contributed by atoms with Crippen LogP contribution in [0, 0.1) is 11.2 Å². The number of nitrogens with one attached hydrogen (secondary N) is 1. The number of aromatic hydroxyl groups is 1. The fraction of sp³-hybridized carbons (Fsp3) is 0.500. The molecule has 2 aromatic rings. The summed E-state index contributed by atoms with van der Waals surface area (Å²) in [4.78, 5) is 35.4. The van der Waals surface area contributed by atoms with E-state index in [0.717, 1.165) is 31.5 Å². The van der Waals surface area contributed by atoms with Crippen LogP contribution in [0.25, 0.3) is 0 Å². The van der Waals surface area contributed by atoms with Crippen LogP contribution in [0.3, 0.4) is 0 Å². The molecule has 7 nitrogen and oxygen atoms in total. The molecule has 1 amide bonds. The third-order valence-electron chi connectivity index (χ3n) is 6.55. The van der Waals surface area contributed by atoms with Crippen molar-refractivity contribution in [2.24, 2.45) is 5.41 Å². The Hall–Kier alpha value is -2.90. The zero-order valence-corrected chi connectivity index (χ0v) is 17.2. The van der Waals surface area contributed by atoms with Gasteiger partial charge in [-0.3, -0.25) is 14.6 Å². The molecule has 2 aliphatic rings. The van der Waals surface area contributed by atoms with E-state index in [1.54, 1.807) is 19.2 Å². The monoisotopic (exact) mass is 414 g/mol. The Balaban J connectivity index is 1.52. The lowest BCUT2D eigenvalue weighted by Gasteiger charge is -2.39. The second kappa shape index (κ2) is 8.08. The van der Waals surface area contributed by atoms with E-state index in [-0.39, 0.29) is 18.1 Å². The molecule has 30 heavy (non-hydrogen) atoms. The maximum absolute atomic E-state index is 13.1. The minimum absolute atomic E-state index is 0.203. The number of carbonyl (C=O) groups is 1. The molecule has 1 aliphatic carbocycles. The van der Waals surface area contributed by atoms with Crippen molar-refractivity contribution >= 4 is 11.9 Å². The van der Waals surface area contributed by atoms with E-state index in [1.165, 1.54) is 42.7 Å². The Kier molecular flexibility index (Phi) is 5.49. The lowest BCUT2D eigenvalue weighted by atomic mass is 9.77. The summed E-state index contributed by atoms with van der Waals surface area (Å²) in [7, 11) is 1.55. The number of piperidine rings is 1.